The van der Waals surface area contributed by atoms with Crippen LogP contribution in [0.5, 0.6) is 0 Å². The van der Waals surface area contributed by atoms with Crippen LogP contribution in [0.3, 0.4) is 0 Å². The summed E-state index contributed by atoms with van der Waals surface area (Å²) in [6.45, 7) is 0.921. The Morgan fingerprint density at radius 1 is 1.28 bits per heavy atom. The zero-order valence-corrected chi connectivity index (χ0v) is 14.7. The first-order chi connectivity index (χ1) is 13.6. The van der Waals surface area contributed by atoms with E-state index in [4.69, 9.17) is 15.0 Å². The molecule has 4 rings (SSSR count). The van der Waals surface area contributed by atoms with Crippen molar-refractivity contribution in [2.24, 2.45) is 5.92 Å². The lowest BCUT2D eigenvalue weighted by Crippen LogP contribution is -2.21. The summed E-state index contributed by atoms with van der Waals surface area (Å²) in [6.07, 6.45) is 4.38. The van der Waals surface area contributed by atoms with Crippen molar-refractivity contribution in [1.29, 1.82) is 0 Å². The number of carboxylic acid groups (broad SMARTS) is 2. The number of nitrogens with zero attached hydrogens (tertiary/aromatic N) is 5. The Labute approximate surface area is 160 Å². The Kier molecular flexibility index (Phi) is 5.39. The molecule has 3 aromatic heterocycles. The molecule has 0 aliphatic heterocycles. The van der Waals surface area contributed by atoms with Crippen LogP contribution in [0.4, 0.5) is 24.8 Å². The van der Waals surface area contributed by atoms with E-state index in [-0.39, 0.29) is 5.69 Å². The molecule has 154 valence electrons. The first-order valence-corrected chi connectivity index (χ1v) is 8.30. The molecule has 13 heteroatoms. The van der Waals surface area contributed by atoms with Gasteiger partial charge in [-0.15, -0.1) is 0 Å². The molecule has 0 atom stereocenters. The Hall–Kier alpha value is -3.64. The van der Waals surface area contributed by atoms with E-state index >= 15 is 0 Å². The van der Waals surface area contributed by atoms with Crippen molar-refractivity contribution in [3.05, 3.63) is 36.5 Å². The number of hydrogen-bond acceptors (Lipinski definition) is 6. The summed E-state index contributed by atoms with van der Waals surface area (Å²) in [6, 6.07) is 1.43. The van der Waals surface area contributed by atoms with Gasteiger partial charge < -0.3 is 15.5 Å². The monoisotopic (exact) mass is 412 g/mol. The van der Waals surface area contributed by atoms with Crippen molar-refractivity contribution in [2.75, 3.05) is 5.32 Å². The van der Waals surface area contributed by atoms with Crippen LogP contribution in [0.2, 0.25) is 0 Å². The fraction of sp³-hybridized carbons (Fsp3) is 0.312. The van der Waals surface area contributed by atoms with Crippen LogP contribution in [0.1, 0.15) is 23.3 Å². The number of hydrogen-bond donors (Lipinski definition) is 3. The molecule has 3 N–H and O–H groups in total. The van der Waals surface area contributed by atoms with E-state index in [0.717, 1.165) is 18.2 Å². The van der Waals surface area contributed by atoms with Gasteiger partial charge in [-0.2, -0.15) is 18.3 Å². The summed E-state index contributed by atoms with van der Waals surface area (Å²) < 4.78 is 35.3. The van der Waals surface area contributed by atoms with Crippen molar-refractivity contribution in [3.8, 4) is 0 Å². The Balaban J connectivity index is 0.000000298. The second kappa shape index (κ2) is 7.77. The molecule has 1 aliphatic rings. The Morgan fingerprint density at radius 2 is 1.97 bits per heavy atom. The largest absolute Gasteiger partial charge is 0.490 e. The van der Waals surface area contributed by atoms with Crippen LogP contribution in [0, 0.1) is 5.92 Å². The average molecular weight is 412 g/mol. The normalized spacial score (nSPS) is 13.6. The van der Waals surface area contributed by atoms with E-state index in [1.165, 1.54) is 18.9 Å². The maximum Gasteiger partial charge on any atom is 0.490 e. The molecular weight excluding hydrogens is 397 g/mol. The van der Waals surface area contributed by atoms with Gasteiger partial charge in [0.05, 0.1) is 11.9 Å². The van der Waals surface area contributed by atoms with Gasteiger partial charge in [0.25, 0.3) is 0 Å². The molecule has 0 saturated heterocycles. The molecule has 0 unspecified atom stereocenters. The number of nitrogens with one attached hydrogen (secondary N) is 1. The third-order valence-electron chi connectivity index (χ3n) is 3.88. The van der Waals surface area contributed by atoms with Gasteiger partial charge in [-0.25, -0.2) is 19.6 Å². The van der Waals surface area contributed by atoms with Crippen LogP contribution >= 0.6 is 0 Å². The molecule has 29 heavy (non-hydrogen) atoms. The number of aromatic nitrogens is 5. The maximum atomic E-state index is 11.2. The van der Waals surface area contributed by atoms with Gasteiger partial charge >= 0.3 is 18.1 Å². The van der Waals surface area contributed by atoms with E-state index in [9.17, 15) is 18.0 Å². The van der Waals surface area contributed by atoms with Gasteiger partial charge in [-0.1, -0.05) is 0 Å². The average Bonchev–Trinajstić information content (AvgIpc) is 3.13. The third-order valence-corrected chi connectivity index (χ3v) is 3.88. The minimum atomic E-state index is -5.08. The van der Waals surface area contributed by atoms with Crippen molar-refractivity contribution in [1.82, 2.24) is 24.1 Å². The molecule has 0 radical (unpaired) electrons. The highest BCUT2D eigenvalue weighted by Gasteiger charge is 2.38. The van der Waals surface area contributed by atoms with Crippen LogP contribution in [0.15, 0.2) is 30.9 Å². The number of anilines is 2. The number of aromatic carboxylic acids is 1. The molecule has 0 bridgehead atoms. The minimum Gasteiger partial charge on any atom is -0.477 e. The van der Waals surface area contributed by atoms with Crippen molar-refractivity contribution >= 4 is 29.2 Å². The maximum absolute atomic E-state index is 11.2. The number of fused-ring (bicyclic) bond motifs is 1. The Morgan fingerprint density at radius 3 is 2.55 bits per heavy atom. The smallest absolute Gasteiger partial charge is 0.477 e. The van der Waals surface area contributed by atoms with E-state index in [1.807, 2.05) is 10.9 Å². The summed E-state index contributed by atoms with van der Waals surface area (Å²) in [4.78, 5) is 28.3. The lowest BCUT2D eigenvalue weighted by molar-refractivity contribution is -0.192. The zero-order valence-electron chi connectivity index (χ0n) is 14.7. The summed E-state index contributed by atoms with van der Waals surface area (Å²) in [5.41, 5.74) is 1.25. The number of halogens is 3. The molecular formula is C16H15F3N6O4. The standard InChI is InChI=1S/C14H14N6O2.C2HF3O2/c21-13(22)11-5-12-15-3-4-20(12)14(18-11)17-10-6-16-19(8-10)7-9-1-2-9;3-2(4,5)1(6)7/h3-6,8-9H,1-2,7H2,(H,17,18)(H,21,22);(H,6,7). The number of carbonyl (C=O) groups is 2. The lowest BCUT2D eigenvalue weighted by atomic mass is 10.4. The molecule has 0 spiro atoms. The van der Waals surface area contributed by atoms with Crippen LogP contribution in [0.25, 0.3) is 5.65 Å². The second-order valence-corrected chi connectivity index (χ2v) is 6.25. The van der Waals surface area contributed by atoms with Crippen LogP contribution in [-0.2, 0) is 11.3 Å². The fourth-order valence-corrected chi connectivity index (χ4v) is 2.34. The van der Waals surface area contributed by atoms with E-state index in [2.05, 4.69) is 20.4 Å². The molecule has 1 aliphatic carbocycles. The first-order valence-electron chi connectivity index (χ1n) is 8.30. The number of carboxylic acids is 2. The van der Waals surface area contributed by atoms with Gasteiger partial charge in [0, 0.05) is 31.2 Å². The number of imidazole rings is 1. The van der Waals surface area contributed by atoms with Gasteiger partial charge in [0.2, 0.25) is 5.95 Å². The van der Waals surface area contributed by atoms with Crippen molar-refractivity contribution in [2.45, 2.75) is 25.6 Å². The SMILES string of the molecule is O=C(O)C(F)(F)F.O=C(O)c1cc2nccn2c(Nc2cnn(CC3CC3)c2)n1. The summed E-state index contributed by atoms with van der Waals surface area (Å²) in [7, 11) is 0. The van der Waals surface area contributed by atoms with Crippen molar-refractivity contribution < 1.29 is 33.0 Å². The molecule has 0 amide bonds. The van der Waals surface area contributed by atoms with Crippen molar-refractivity contribution in [3.63, 3.8) is 0 Å². The van der Waals surface area contributed by atoms with Crippen LogP contribution < -0.4 is 5.32 Å². The summed E-state index contributed by atoms with van der Waals surface area (Å²) in [5.74, 6) is -2.70. The van der Waals surface area contributed by atoms with E-state index in [1.54, 1.807) is 23.0 Å². The molecule has 0 aromatic carbocycles. The zero-order chi connectivity index (χ0) is 21.2. The summed E-state index contributed by atoms with van der Waals surface area (Å²) in [5, 5.41) is 23.7. The lowest BCUT2D eigenvalue weighted by Gasteiger charge is -2.07. The predicted molar refractivity (Wildman–Crippen MR) is 91.9 cm³/mol. The van der Waals surface area contributed by atoms with Gasteiger partial charge in [0.1, 0.15) is 5.65 Å². The number of rotatable bonds is 5. The van der Waals surface area contributed by atoms with Crippen LogP contribution in [-0.4, -0.2) is 52.5 Å². The Bertz CT molecular complexity index is 1040. The second-order valence-electron chi connectivity index (χ2n) is 6.25. The number of alkyl halides is 3. The van der Waals surface area contributed by atoms with E-state index in [0.29, 0.717) is 11.6 Å². The topological polar surface area (TPSA) is 135 Å². The predicted octanol–water partition coefficient (Wildman–Crippen LogP) is 2.41. The fourth-order valence-electron chi connectivity index (χ4n) is 2.34. The highest BCUT2D eigenvalue weighted by Crippen LogP contribution is 2.30. The number of aliphatic carboxylic acids is 1. The quantitative estimate of drug-likeness (QED) is 0.582. The molecule has 3 heterocycles. The molecule has 3 aromatic rings. The van der Waals surface area contributed by atoms with Gasteiger partial charge in [-0.05, 0) is 18.8 Å². The molecule has 10 nitrogen and oxygen atoms in total. The molecule has 1 saturated carbocycles. The van der Waals surface area contributed by atoms with Gasteiger partial charge in [0.15, 0.2) is 5.69 Å². The first kappa shape index (κ1) is 20.1. The third kappa shape index (κ3) is 5.21. The summed E-state index contributed by atoms with van der Waals surface area (Å²) >= 11 is 0. The molecule has 1 fully saturated rings. The highest BCUT2D eigenvalue weighted by molar-refractivity contribution is 5.87. The van der Waals surface area contributed by atoms with E-state index < -0.39 is 18.1 Å². The minimum absolute atomic E-state index is 0.0495. The van der Waals surface area contributed by atoms with Gasteiger partial charge in [-0.3, -0.25) is 9.08 Å². The highest BCUT2D eigenvalue weighted by atomic mass is 19.4.